The highest BCUT2D eigenvalue weighted by atomic mass is 16.4. The molecule has 1 aromatic carbocycles. The normalized spacial score (nSPS) is 13.8. The third-order valence-corrected chi connectivity index (χ3v) is 4.27. The molecular formula is C17H14N4O3. The fraction of sp³-hybridized carbons (Fsp3) is 0.176. The number of aromatic nitrogens is 3. The zero-order valence-electron chi connectivity index (χ0n) is 12.7. The number of carbonyl (C=O) groups is 2. The minimum atomic E-state index is -1.08. The number of hydrogen-bond acceptors (Lipinski definition) is 4. The van der Waals surface area contributed by atoms with Gasteiger partial charge in [0.2, 0.25) is 0 Å². The third kappa shape index (κ3) is 2.30. The van der Waals surface area contributed by atoms with Crippen LogP contribution in [0.15, 0.2) is 36.5 Å². The van der Waals surface area contributed by atoms with Crippen LogP contribution in [0.2, 0.25) is 0 Å². The Labute approximate surface area is 136 Å². The summed E-state index contributed by atoms with van der Waals surface area (Å²) in [5.74, 6) is -1.21. The van der Waals surface area contributed by atoms with Crippen LogP contribution in [0.1, 0.15) is 32.1 Å². The minimum Gasteiger partial charge on any atom is -0.476 e. The molecule has 7 heteroatoms. The van der Waals surface area contributed by atoms with Crippen molar-refractivity contribution in [3.05, 3.63) is 59.0 Å². The maximum absolute atomic E-state index is 12.8. The first kappa shape index (κ1) is 14.4. The standard InChI is InChI=1S/C17H14N4O3/c22-16(11-3-4-13-10(8-11)2-1-6-18-13)21-7-5-14-12(9-21)15(17(23)24)20-19-14/h1-4,6,8H,5,7,9H2,(H,19,20)(H,23,24). The van der Waals surface area contributed by atoms with Gasteiger partial charge in [-0.05, 0) is 24.3 Å². The number of amides is 1. The lowest BCUT2D eigenvalue weighted by molar-refractivity contribution is 0.0674. The van der Waals surface area contributed by atoms with Crippen molar-refractivity contribution in [2.45, 2.75) is 13.0 Å². The molecule has 2 aromatic heterocycles. The van der Waals surface area contributed by atoms with Gasteiger partial charge in [0, 0.05) is 41.4 Å². The lowest BCUT2D eigenvalue weighted by Gasteiger charge is -2.27. The number of rotatable bonds is 2. The summed E-state index contributed by atoms with van der Waals surface area (Å²) in [5, 5.41) is 16.7. The molecule has 0 spiro atoms. The van der Waals surface area contributed by atoms with Crippen LogP contribution in [0.5, 0.6) is 0 Å². The molecule has 0 bridgehead atoms. The molecule has 0 radical (unpaired) electrons. The van der Waals surface area contributed by atoms with E-state index in [9.17, 15) is 14.7 Å². The second-order valence-corrected chi connectivity index (χ2v) is 5.72. The fourth-order valence-electron chi connectivity index (χ4n) is 3.04. The maximum atomic E-state index is 12.8. The lowest BCUT2D eigenvalue weighted by Crippen LogP contribution is -2.36. The van der Waals surface area contributed by atoms with Crippen molar-refractivity contribution in [2.75, 3.05) is 6.54 Å². The van der Waals surface area contributed by atoms with Crippen LogP contribution in [0, 0.1) is 0 Å². The van der Waals surface area contributed by atoms with E-state index < -0.39 is 5.97 Å². The highest BCUT2D eigenvalue weighted by Gasteiger charge is 2.28. The molecule has 1 amide bonds. The summed E-state index contributed by atoms with van der Waals surface area (Å²) in [5.41, 5.74) is 2.77. The first-order valence-corrected chi connectivity index (χ1v) is 7.57. The van der Waals surface area contributed by atoms with Gasteiger partial charge in [-0.15, -0.1) is 0 Å². The Morgan fingerprint density at radius 3 is 2.96 bits per heavy atom. The molecule has 1 aliphatic heterocycles. The van der Waals surface area contributed by atoms with Crippen LogP contribution in [0.3, 0.4) is 0 Å². The molecule has 0 saturated heterocycles. The monoisotopic (exact) mass is 322 g/mol. The first-order chi connectivity index (χ1) is 11.6. The van der Waals surface area contributed by atoms with Gasteiger partial charge in [-0.25, -0.2) is 4.79 Å². The molecule has 4 rings (SSSR count). The second kappa shape index (κ2) is 5.45. The third-order valence-electron chi connectivity index (χ3n) is 4.27. The number of carboxylic acids is 1. The van der Waals surface area contributed by atoms with Crippen LogP contribution in [0.25, 0.3) is 10.9 Å². The minimum absolute atomic E-state index is 0.00906. The molecule has 24 heavy (non-hydrogen) atoms. The quantitative estimate of drug-likeness (QED) is 0.750. The van der Waals surface area contributed by atoms with Gasteiger partial charge in [0.25, 0.3) is 5.91 Å². The summed E-state index contributed by atoms with van der Waals surface area (Å²) < 4.78 is 0. The SMILES string of the molecule is O=C(O)c1n[nH]c2c1CN(C(=O)c1ccc3ncccc3c1)CC2. The smallest absolute Gasteiger partial charge is 0.356 e. The average molecular weight is 322 g/mol. The highest BCUT2D eigenvalue weighted by Crippen LogP contribution is 2.23. The number of nitrogens with zero attached hydrogens (tertiary/aromatic N) is 3. The number of benzene rings is 1. The summed E-state index contributed by atoms with van der Waals surface area (Å²) in [4.78, 5) is 29.9. The Balaban J connectivity index is 1.64. The van der Waals surface area contributed by atoms with E-state index in [0.717, 1.165) is 16.6 Å². The van der Waals surface area contributed by atoms with Gasteiger partial charge in [-0.3, -0.25) is 14.9 Å². The number of fused-ring (bicyclic) bond motifs is 2. The number of aromatic amines is 1. The fourth-order valence-corrected chi connectivity index (χ4v) is 3.04. The van der Waals surface area contributed by atoms with Crippen molar-refractivity contribution >= 4 is 22.8 Å². The largest absolute Gasteiger partial charge is 0.476 e. The highest BCUT2D eigenvalue weighted by molar-refractivity contribution is 5.98. The van der Waals surface area contributed by atoms with Gasteiger partial charge >= 0.3 is 5.97 Å². The van der Waals surface area contributed by atoms with Gasteiger partial charge in [0.15, 0.2) is 5.69 Å². The molecule has 0 saturated carbocycles. The van der Waals surface area contributed by atoms with E-state index in [1.807, 2.05) is 24.3 Å². The number of H-pyrrole nitrogens is 1. The Hall–Kier alpha value is -3.22. The van der Waals surface area contributed by atoms with Gasteiger partial charge in [0.1, 0.15) is 0 Å². The lowest BCUT2D eigenvalue weighted by atomic mass is 10.0. The zero-order chi connectivity index (χ0) is 16.7. The summed E-state index contributed by atoms with van der Waals surface area (Å²) in [6, 6.07) is 9.12. The van der Waals surface area contributed by atoms with Crippen molar-refractivity contribution < 1.29 is 14.7 Å². The number of aromatic carboxylic acids is 1. The van der Waals surface area contributed by atoms with E-state index in [1.165, 1.54) is 0 Å². The molecule has 3 aromatic rings. The van der Waals surface area contributed by atoms with E-state index in [0.29, 0.717) is 24.1 Å². The van der Waals surface area contributed by atoms with Crippen LogP contribution in [-0.2, 0) is 13.0 Å². The number of hydrogen-bond donors (Lipinski definition) is 2. The molecular weight excluding hydrogens is 308 g/mol. The number of carbonyl (C=O) groups excluding carboxylic acids is 1. The summed E-state index contributed by atoms with van der Waals surface area (Å²) >= 11 is 0. The van der Waals surface area contributed by atoms with Crippen molar-refractivity contribution in [3.63, 3.8) is 0 Å². The van der Waals surface area contributed by atoms with E-state index >= 15 is 0 Å². The maximum Gasteiger partial charge on any atom is 0.356 e. The van der Waals surface area contributed by atoms with Crippen LogP contribution >= 0.6 is 0 Å². The molecule has 2 N–H and O–H groups in total. The molecule has 0 atom stereocenters. The van der Waals surface area contributed by atoms with Crippen molar-refractivity contribution in [2.24, 2.45) is 0 Å². The van der Waals surface area contributed by atoms with Crippen molar-refractivity contribution in [3.8, 4) is 0 Å². The van der Waals surface area contributed by atoms with E-state index in [2.05, 4.69) is 15.2 Å². The van der Waals surface area contributed by atoms with Gasteiger partial charge in [0.05, 0.1) is 12.1 Å². The van der Waals surface area contributed by atoms with Gasteiger partial charge < -0.3 is 10.0 Å². The Morgan fingerprint density at radius 2 is 2.12 bits per heavy atom. The molecule has 0 aliphatic carbocycles. The number of carboxylic acid groups (broad SMARTS) is 1. The Morgan fingerprint density at radius 1 is 1.25 bits per heavy atom. The number of pyridine rings is 1. The molecule has 3 heterocycles. The summed E-state index contributed by atoms with van der Waals surface area (Å²) in [6.45, 7) is 0.773. The Kier molecular flexibility index (Phi) is 3.26. The molecule has 1 aliphatic rings. The average Bonchev–Trinajstić information content (AvgIpc) is 3.04. The van der Waals surface area contributed by atoms with Crippen molar-refractivity contribution in [1.82, 2.24) is 20.1 Å². The predicted molar refractivity (Wildman–Crippen MR) is 85.7 cm³/mol. The van der Waals surface area contributed by atoms with Gasteiger partial charge in [-0.2, -0.15) is 5.10 Å². The van der Waals surface area contributed by atoms with E-state index in [4.69, 9.17) is 0 Å². The molecule has 0 fully saturated rings. The zero-order valence-corrected chi connectivity index (χ0v) is 12.7. The molecule has 7 nitrogen and oxygen atoms in total. The summed E-state index contributed by atoms with van der Waals surface area (Å²) in [6.07, 6.45) is 2.28. The molecule has 120 valence electrons. The number of nitrogens with one attached hydrogen (secondary N) is 1. The summed E-state index contributed by atoms with van der Waals surface area (Å²) in [7, 11) is 0. The second-order valence-electron chi connectivity index (χ2n) is 5.72. The predicted octanol–water partition coefficient (Wildman–Crippen LogP) is 1.85. The van der Waals surface area contributed by atoms with Crippen LogP contribution < -0.4 is 0 Å². The van der Waals surface area contributed by atoms with Crippen LogP contribution in [0.4, 0.5) is 0 Å². The van der Waals surface area contributed by atoms with Gasteiger partial charge in [-0.1, -0.05) is 6.07 Å². The van der Waals surface area contributed by atoms with E-state index in [1.54, 1.807) is 17.2 Å². The van der Waals surface area contributed by atoms with E-state index in [-0.39, 0.29) is 18.1 Å². The Bertz CT molecular complexity index is 963. The van der Waals surface area contributed by atoms with Crippen LogP contribution in [-0.4, -0.2) is 43.6 Å². The molecule has 0 unspecified atom stereocenters. The topological polar surface area (TPSA) is 99.2 Å². The van der Waals surface area contributed by atoms with Crippen molar-refractivity contribution in [1.29, 1.82) is 0 Å². The first-order valence-electron chi connectivity index (χ1n) is 7.57.